The SMILES string of the molecule is O=C(NCc1ccco1)c1ccc(N2C(=O)C3CCCCC3C2=O)cc1. The molecule has 1 aromatic heterocycles. The summed E-state index contributed by atoms with van der Waals surface area (Å²) in [7, 11) is 0. The second-order valence-electron chi connectivity index (χ2n) is 6.82. The van der Waals surface area contributed by atoms with Gasteiger partial charge in [-0.3, -0.25) is 19.3 Å². The Balaban J connectivity index is 1.46. The number of rotatable bonds is 4. The highest BCUT2D eigenvalue weighted by Gasteiger charge is 2.48. The van der Waals surface area contributed by atoms with Crippen LogP contribution in [-0.4, -0.2) is 17.7 Å². The molecule has 1 aromatic carbocycles. The Morgan fingerprint density at radius 3 is 2.27 bits per heavy atom. The van der Waals surface area contributed by atoms with Gasteiger partial charge in [-0.05, 0) is 49.2 Å². The zero-order valence-electron chi connectivity index (χ0n) is 14.3. The number of furan rings is 1. The number of hydrogen-bond acceptors (Lipinski definition) is 4. The predicted octanol–water partition coefficient (Wildman–Crippen LogP) is 2.89. The molecule has 1 saturated carbocycles. The van der Waals surface area contributed by atoms with Gasteiger partial charge in [0.25, 0.3) is 5.91 Å². The van der Waals surface area contributed by atoms with Crippen molar-refractivity contribution in [2.45, 2.75) is 32.2 Å². The molecule has 0 spiro atoms. The molecule has 2 fully saturated rings. The molecule has 2 heterocycles. The summed E-state index contributed by atoms with van der Waals surface area (Å²) in [4.78, 5) is 38.7. The average molecular weight is 352 g/mol. The van der Waals surface area contributed by atoms with E-state index in [2.05, 4.69) is 5.32 Å². The number of fused-ring (bicyclic) bond motifs is 1. The lowest BCUT2D eigenvalue weighted by Gasteiger charge is -2.19. The van der Waals surface area contributed by atoms with Crippen molar-refractivity contribution in [2.24, 2.45) is 11.8 Å². The Hall–Kier alpha value is -2.89. The van der Waals surface area contributed by atoms with E-state index in [1.807, 2.05) is 0 Å². The van der Waals surface area contributed by atoms with Crippen molar-refractivity contribution < 1.29 is 18.8 Å². The van der Waals surface area contributed by atoms with E-state index in [0.717, 1.165) is 25.7 Å². The molecule has 0 bridgehead atoms. The molecule has 26 heavy (non-hydrogen) atoms. The molecule has 1 aliphatic heterocycles. The van der Waals surface area contributed by atoms with Crippen molar-refractivity contribution in [1.29, 1.82) is 0 Å². The zero-order chi connectivity index (χ0) is 18.1. The second-order valence-corrected chi connectivity index (χ2v) is 6.82. The lowest BCUT2D eigenvalue weighted by Crippen LogP contribution is -2.31. The van der Waals surface area contributed by atoms with Crippen molar-refractivity contribution >= 4 is 23.4 Å². The van der Waals surface area contributed by atoms with Crippen LogP contribution >= 0.6 is 0 Å². The van der Waals surface area contributed by atoms with Gasteiger partial charge in [0.1, 0.15) is 5.76 Å². The third-order valence-corrected chi connectivity index (χ3v) is 5.23. The van der Waals surface area contributed by atoms with Crippen LogP contribution in [0.25, 0.3) is 0 Å². The summed E-state index contributed by atoms with van der Waals surface area (Å²) in [5.41, 5.74) is 1.01. The largest absolute Gasteiger partial charge is 0.467 e. The fourth-order valence-corrected chi connectivity index (χ4v) is 3.86. The number of anilines is 1. The van der Waals surface area contributed by atoms with E-state index < -0.39 is 0 Å². The minimum atomic E-state index is -0.235. The first-order valence-corrected chi connectivity index (χ1v) is 8.93. The second kappa shape index (κ2) is 6.78. The smallest absolute Gasteiger partial charge is 0.251 e. The summed E-state index contributed by atoms with van der Waals surface area (Å²) in [5.74, 6) is -0.115. The van der Waals surface area contributed by atoms with Crippen LogP contribution < -0.4 is 10.2 Å². The van der Waals surface area contributed by atoms with Crippen LogP contribution in [0.5, 0.6) is 0 Å². The first-order valence-electron chi connectivity index (χ1n) is 8.93. The number of amides is 3. The van der Waals surface area contributed by atoms with Gasteiger partial charge in [-0.25, -0.2) is 0 Å². The monoisotopic (exact) mass is 352 g/mol. The maximum Gasteiger partial charge on any atom is 0.251 e. The van der Waals surface area contributed by atoms with Crippen molar-refractivity contribution in [3.05, 3.63) is 54.0 Å². The van der Waals surface area contributed by atoms with E-state index in [-0.39, 0.29) is 29.6 Å². The van der Waals surface area contributed by atoms with Crippen molar-refractivity contribution in [3.63, 3.8) is 0 Å². The van der Waals surface area contributed by atoms with Gasteiger partial charge in [0, 0.05) is 5.56 Å². The van der Waals surface area contributed by atoms with E-state index in [9.17, 15) is 14.4 Å². The number of carbonyl (C=O) groups is 3. The van der Waals surface area contributed by atoms with Crippen molar-refractivity contribution in [1.82, 2.24) is 5.32 Å². The predicted molar refractivity (Wildman–Crippen MR) is 94.3 cm³/mol. The maximum atomic E-state index is 12.6. The Morgan fingerprint density at radius 1 is 1.04 bits per heavy atom. The van der Waals surface area contributed by atoms with Gasteiger partial charge < -0.3 is 9.73 Å². The summed E-state index contributed by atoms with van der Waals surface area (Å²) < 4.78 is 5.18. The highest BCUT2D eigenvalue weighted by Crippen LogP contribution is 2.40. The molecule has 2 aliphatic rings. The van der Waals surface area contributed by atoms with Gasteiger partial charge >= 0.3 is 0 Å². The van der Waals surface area contributed by atoms with Crippen LogP contribution in [-0.2, 0) is 16.1 Å². The van der Waals surface area contributed by atoms with Crippen LogP contribution in [0.2, 0.25) is 0 Å². The van der Waals surface area contributed by atoms with Crippen LogP contribution in [0, 0.1) is 11.8 Å². The Kier molecular flexibility index (Phi) is 4.32. The first kappa shape index (κ1) is 16.6. The molecule has 2 atom stereocenters. The molecule has 2 unspecified atom stereocenters. The average Bonchev–Trinajstić information content (AvgIpc) is 3.28. The van der Waals surface area contributed by atoms with Gasteiger partial charge in [-0.2, -0.15) is 0 Å². The summed E-state index contributed by atoms with van der Waals surface area (Å²) in [5, 5.41) is 2.77. The number of hydrogen-bond donors (Lipinski definition) is 1. The topological polar surface area (TPSA) is 79.6 Å². The zero-order valence-corrected chi connectivity index (χ0v) is 14.3. The van der Waals surface area contributed by atoms with Crippen LogP contribution in [0.1, 0.15) is 41.8 Å². The fourth-order valence-electron chi connectivity index (χ4n) is 3.86. The number of carbonyl (C=O) groups excluding carboxylic acids is 3. The van der Waals surface area contributed by atoms with Gasteiger partial charge in [-0.1, -0.05) is 12.8 Å². The standard InChI is InChI=1S/C20H20N2O4/c23-18(21-12-15-4-3-11-26-15)13-7-9-14(10-8-13)22-19(24)16-5-1-2-6-17(16)20(22)25/h3-4,7-11,16-17H,1-2,5-6,12H2,(H,21,23). The molecular weight excluding hydrogens is 332 g/mol. The normalized spacial score (nSPS) is 22.4. The molecule has 134 valence electrons. The van der Waals surface area contributed by atoms with Crippen LogP contribution in [0.3, 0.4) is 0 Å². The number of nitrogens with zero attached hydrogens (tertiary/aromatic N) is 1. The molecule has 4 rings (SSSR count). The highest BCUT2D eigenvalue weighted by atomic mass is 16.3. The third kappa shape index (κ3) is 2.92. The summed E-state index contributed by atoms with van der Waals surface area (Å²) in [6, 6.07) is 10.1. The number of nitrogens with one attached hydrogen (secondary N) is 1. The highest BCUT2D eigenvalue weighted by molar-refractivity contribution is 6.22. The summed E-state index contributed by atoms with van der Waals surface area (Å²) in [6.07, 6.45) is 5.14. The van der Waals surface area contributed by atoms with E-state index >= 15 is 0 Å². The molecule has 1 N–H and O–H groups in total. The molecule has 2 aromatic rings. The fraction of sp³-hybridized carbons (Fsp3) is 0.350. The molecule has 6 heteroatoms. The van der Waals surface area contributed by atoms with E-state index in [1.54, 1.807) is 42.7 Å². The van der Waals surface area contributed by atoms with Crippen molar-refractivity contribution in [3.8, 4) is 0 Å². The number of benzene rings is 1. The lowest BCUT2D eigenvalue weighted by molar-refractivity contribution is -0.122. The maximum absolute atomic E-state index is 12.6. The Bertz CT molecular complexity index is 802. The van der Waals surface area contributed by atoms with Crippen molar-refractivity contribution in [2.75, 3.05) is 4.90 Å². The molecular formula is C20H20N2O4. The van der Waals surface area contributed by atoms with Gasteiger partial charge in [0.2, 0.25) is 11.8 Å². The quantitative estimate of drug-likeness (QED) is 0.858. The molecule has 1 aliphatic carbocycles. The molecule has 0 radical (unpaired) electrons. The van der Waals surface area contributed by atoms with Crippen LogP contribution in [0.15, 0.2) is 47.1 Å². The molecule has 3 amide bonds. The van der Waals surface area contributed by atoms with E-state index in [1.165, 1.54) is 4.90 Å². The minimum Gasteiger partial charge on any atom is -0.467 e. The van der Waals surface area contributed by atoms with E-state index in [4.69, 9.17) is 4.42 Å². The summed E-state index contributed by atoms with van der Waals surface area (Å²) >= 11 is 0. The number of imide groups is 1. The lowest BCUT2D eigenvalue weighted by atomic mass is 9.81. The van der Waals surface area contributed by atoms with Gasteiger partial charge in [0.15, 0.2) is 0 Å². The minimum absolute atomic E-state index is 0.102. The van der Waals surface area contributed by atoms with Gasteiger partial charge in [0.05, 0.1) is 30.3 Å². The third-order valence-electron chi connectivity index (χ3n) is 5.23. The van der Waals surface area contributed by atoms with E-state index in [0.29, 0.717) is 23.6 Å². The Morgan fingerprint density at radius 2 is 1.69 bits per heavy atom. The molecule has 6 nitrogen and oxygen atoms in total. The van der Waals surface area contributed by atoms with Gasteiger partial charge in [-0.15, -0.1) is 0 Å². The molecule has 1 saturated heterocycles. The van der Waals surface area contributed by atoms with Crippen LogP contribution in [0.4, 0.5) is 5.69 Å². The first-order chi connectivity index (χ1) is 12.6. The Labute approximate surface area is 151 Å². The summed E-state index contributed by atoms with van der Waals surface area (Å²) in [6.45, 7) is 0.306.